The smallest absolute Gasteiger partial charge is 0.0465 e. The molecule has 1 aliphatic rings. The molecule has 0 spiro atoms. The van der Waals surface area contributed by atoms with Crippen LogP contribution in [0.2, 0.25) is 10.0 Å². The van der Waals surface area contributed by atoms with E-state index in [-0.39, 0.29) is 0 Å². The molecule has 1 N–H and O–H groups in total. The van der Waals surface area contributed by atoms with E-state index >= 15 is 0 Å². The van der Waals surface area contributed by atoms with E-state index in [1.807, 2.05) is 30.0 Å². The quantitative estimate of drug-likeness (QED) is 0.806. The van der Waals surface area contributed by atoms with Gasteiger partial charge >= 0.3 is 0 Å². The maximum atomic E-state index is 6.19. The molecule has 4 heteroatoms. The lowest BCUT2D eigenvalue weighted by Gasteiger charge is -2.36. The van der Waals surface area contributed by atoms with Crippen LogP contribution in [0.3, 0.4) is 0 Å². The Morgan fingerprint density at radius 1 is 1.16 bits per heavy atom. The fraction of sp³-hybridized carbons (Fsp3) is 0.600. The van der Waals surface area contributed by atoms with Gasteiger partial charge in [-0.25, -0.2) is 0 Å². The van der Waals surface area contributed by atoms with Gasteiger partial charge in [-0.05, 0) is 31.2 Å². The molecule has 0 bridgehead atoms. The van der Waals surface area contributed by atoms with E-state index in [0.717, 1.165) is 28.7 Å². The molecule has 1 aliphatic carbocycles. The van der Waals surface area contributed by atoms with Gasteiger partial charge in [0.1, 0.15) is 0 Å². The van der Waals surface area contributed by atoms with Crippen LogP contribution >= 0.6 is 35.0 Å². The topological polar surface area (TPSA) is 12.0 Å². The summed E-state index contributed by atoms with van der Waals surface area (Å²) >= 11 is 14.4. The fourth-order valence-electron chi connectivity index (χ4n) is 2.77. The molecule has 0 aromatic heterocycles. The molecule has 1 nitrogen and oxygen atoms in total. The summed E-state index contributed by atoms with van der Waals surface area (Å²) in [5.41, 5.74) is 1.01. The predicted molar refractivity (Wildman–Crippen MR) is 87.5 cm³/mol. The van der Waals surface area contributed by atoms with E-state index in [1.165, 1.54) is 32.1 Å². The van der Waals surface area contributed by atoms with Crippen molar-refractivity contribution in [3.63, 3.8) is 0 Å². The van der Waals surface area contributed by atoms with Crippen molar-refractivity contribution in [3.8, 4) is 0 Å². The number of thioether (sulfide) groups is 1. The van der Waals surface area contributed by atoms with E-state index < -0.39 is 0 Å². The van der Waals surface area contributed by atoms with Crippen LogP contribution in [0.1, 0.15) is 37.7 Å². The van der Waals surface area contributed by atoms with Gasteiger partial charge in [0.25, 0.3) is 0 Å². The van der Waals surface area contributed by atoms with E-state index in [9.17, 15) is 0 Å². The molecule has 0 heterocycles. The predicted octanol–water partition coefficient (Wildman–Crippen LogP) is 5.15. The van der Waals surface area contributed by atoms with Crippen LogP contribution in [-0.2, 0) is 6.54 Å². The molecule has 1 fully saturated rings. The second-order valence-corrected chi connectivity index (χ2v) is 7.34. The Balaban J connectivity index is 1.92. The number of rotatable bonds is 5. The van der Waals surface area contributed by atoms with E-state index in [2.05, 4.69) is 11.6 Å². The van der Waals surface area contributed by atoms with Crippen LogP contribution in [0.5, 0.6) is 0 Å². The third kappa shape index (κ3) is 4.04. The first-order valence-electron chi connectivity index (χ1n) is 6.86. The molecule has 106 valence electrons. The largest absolute Gasteiger partial charge is 0.311 e. The zero-order valence-corrected chi connectivity index (χ0v) is 13.7. The molecule has 0 radical (unpaired) electrons. The number of hydrogen-bond donors (Lipinski definition) is 1. The van der Waals surface area contributed by atoms with Crippen LogP contribution in [-0.4, -0.2) is 17.5 Å². The third-order valence-electron chi connectivity index (χ3n) is 4.01. The SMILES string of the molecule is CSC1(CNCc2c(Cl)cccc2Cl)CCCCC1. The standard InChI is InChI=1S/C15H21Cl2NS/c1-19-15(8-3-2-4-9-15)11-18-10-12-13(16)6-5-7-14(12)17/h5-7,18H,2-4,8-11H2,1H3. The van der Waals surface area contributed by atoms with Crippen molar-refractivity contribution in [1.29, 1.82) is 0 Å². The minimum Gasteiger partial charge on any atom is -0.311 e. The molecule has 19 heavy (non-hydrogen) atoms. The monoisotopic (exact) mass is 317 g/mol. The van der Waals surface area contributed by atoms with Crippen LogP contribution in [0, 0.1) is 0 Å². The van der Waals surface area contributed by atoms with Gasteiger partial charge < -0.3 is 5.32 Å². The molecule has 0 aliphatic heterocycles. The summed E-state index contributed by atoms with van der Waals surface area (Å²) in [5, 5.41) is 5.06. The highest BCUT2D eigenvalue weighted by Gasteiger charge is 2.30. The summed E-state index contributed by atoms with van der Waals surface area (Å²) in [6.45, 7) is 1.79. The van der Waals surface area contributed by atoms with E-state index in [1.54, 1.807) is 0 Å². The van der Waals surface area contributed by atoms with Gasteiger partial charge in [-0.2, -0.15) is 11.8 Å². The van der Waals surface area contributed by atoms with Crippen molar-refractivity contribution in [1.82, 2.24) is 5.32 Å². The van der Waals surface area contributed by atoms with Crippen molar-refractivity contribution < 1.29 is 0 Å². The van der Waals surface area contributed by atoms with Crippen molar-refractivity contribution >= 4 is 35.0 Å². The summed E-state index contributed by atoms with van der Waals surface area (Å²) < 4.78 is 0.409. The van der Waals surface area contributed by atoms with Gasteiger partial charge in [-0.1, -0.05) is 48.5 Å². The molecule has 0 amide bonds. The summed E-state index contributed by atoms with van der Waals surface area (Å²) in [6, 6.07) is 5.68. The molecule has 0 atom stereocenters. The maximum absolute atomic E-state index is 6.19. The Morgan fingerprint density at radius 3 is 2.37 bits per heavy atom. The Morgan fingerprint density at radius 2 is 1.79 bits per heavy atom. The maximum Gasteiger partial charge on any atom is 0.0465 e. The zero-order valence-electron chi connectivity index (χ0n) is 11.3. The molecule has 2 rings (SSSR count). The van der Waals surface area contributed by atoms with Crippen LogP contribution < -0.4 is 5.32 Å². The minimum atomic E-state index is 0.409. The van der Waals surface area contributed by atoms with Gasteiger partial charge in [0.2, 0.25) is 0 Å². The number of hydrogen-bond acceptors (Lipinski definition) is 2. The zero-order chi connectivity index (χ0) is 13.7. The molecule has 1 aromatic carbocycles. The Bertz CT molecular complexity index is 396. The van der Waals surface area contributed by atoms with E-state index in [4.69, 9.17) is 23.2 Å². The third-order valence-corrected chi connectivity index (χ3v) is 6.14. The first-order chi connectivity index (χ1) is 9.17. The molecule has 0 saturated heterocycles. The lowest BCUT2D eigenvalue weighted by molar-refractivity contribution is 0.379. The van der Waals surface area contributed by atoms with Crippen molar-refractivity contribution in [2.45, 2.75) is 43.4 Å². The molecular weight excluding hydrogens is 297 g/mol. The lowest BCUT2D eigenvalue weighted by Crippen LogP contribution is -2.39. The average Bonchev–Trinajstić information content (AvgIpc) is 2.43. The molecule has 1 saturated carbocycles. The Hall–Kier alpha value is 0.110. The second-order valence-electron chi connectivity index (χ2n) is 5.25. The minimum absolute atomic E-state index is 0.409. The van der Waals surface area contributed by atoms with Gasteiger partial charge in [0.05, 0.1) is 0 Å². The number of benzene rings is 1. The summed E-state index contributed by atoms with van der Waals surface area (Å²) in [6.07, 6.45) is 8.97. The normalized spacial score (nSPS) is 18.5. The molecular formula is C15H21Cl2NS. The highest BCUT2D eigenvalue weighted by molar-refractivity contribution is 8.00. The summed E-state index contributed by atoms with van der Waals surface area (Å²) in [5.74, 6) is 0. The molecule has 1 aromatic rings. The first kappa shape index (κ1) is 15.5. The van der Waals surface area contributed by atoms with Gasteiger partial charge in [0, 0.05) is 33.4 Å². The van der Waals surface area contributed by atoms with Crippen LogP contribution in [0.25, 0.3) is 0 Å². The Labute approximate surface area is 130 Å². The second kappa shape index (κ2) is 7.21. The average molecular weight is 318 g/mol. The highest BCUT2D eigenvalue weighted by atomic mass is 35.5. The van der Waals surface area contributed by atoms with E-state index in [0.29, 0.717) is 4.75 Å². The van der Waals surface area contributed by atoms with Crippen LogP contribution in [0.15, 0.2) is 18.2 Å². The number of nitrogens with one attached hydrogen (secondary N) is 1. The summed E-state index contributed by atoms with van der Waals surface area (Å²) in [7, 11) is 0. The first-order valence-corrected chi connectivity index (χ1v) is 8.84. The van der Waals surface area contributed by atoms with Gasteiger partial charge in [0.15, 0.2) is 0 Å². The summed E-state index contributed by atoms with van der Waals surface area (Å²) in [4.78, 5) is 0. The Kier molecular flexibility index (Phi) is 5.88. The number of halogens is 2. The fourth-order valence-corrected chi connectivity index (χ4v) is 4.24. The van der Waals surface area contributed by atoms with Gasteiger partial charge in [-0.15, -0.1) is 0 Å². The van der Waals surface area contributed by atoms with Crippen LogP contribution in [0.4, 0.5) is 0 Å². The molecule has 0 unspecified atom stereocenters. The van der Waals surface area contributed by atoms with Gasteiger partial charge in [-0.3, -0.25) is 0 Å². The lowest BCUT2D eigenvalue weighted by atomic mass is 9.88. The van der Waals surface area contributed by atoms with Crippen molar-refractivity contribution in [2.75, 3.05) is 12.8 Å². The van der Waals surface area contributed by atoms with Crippen molar-refractivity contribution in [2.24, 2.45) is 0 Å². The highest BCUT2D eigenvalue weighted by Crippen LogP contribution is 2.38. The van der Waals surface area contributed by atoms with Crippen molar-refractivity contribution in [3.05, 3.63) is 33.8 Å².